The summed E-state index contributed by atoms with van der Waals surface area (Å²) in [5.41, 5.74) is 0. The van der Waals surface area contributed by atoms with E-state index in [2.05, 4.69) is 4.90 Å². The van der Waals surface area contributed by atoms with Crippen molar-refractivity contribution in [1.82, 2.24) is 9.80 Å². The number of carbonyl (C=O) groups is 1. The molecule has 0 radical (unpaired) electrons. The number of nitrogens with zero attached hydrogens (tertiary/aromatic N) is 2. The fourth-order valence-electron chi connectivity index (χ4n) is 2.34. The molecule has 98 valence electrons. The van der Waals surface area contributed by atoms with E-state index in [1.165, 1.54) is 0 Å². The van der Waals surface area contributed by atoms with Gasteiger partial charge in [0.25, 0.3) is 0 Å². The molecule has 0 saturated carbocycles. The van der Waals surface area contributed by atoms with Crippen molar-refractivity contribution < 1.29 is 14.3 Å². The molecule has 0 aliphatic carbocycles. The Bertz CT molecular complexity index is 248. The van der Waals surface area contributed by atoms with Gasteiger partial charge in [0, 0.05) is 26.2 Å². The molecule has 2 aliphatic rings. The lowest BCUT2D eigenvalue weighted by molar-refractivity contribution is -0.136. The van der Waals surface area contributed by atoms with E-state index in [0.717, 1.165) is 39.1 Å². The normalized spacial score (nSPS) is 25.5. The first-order valence-corrected chi connectivity index (χ1v) is 6.41. The first-order chi connectivity index (χ1) is 8.25. The number of amides is 1. The molecule has 0 aromatic carbocycles. The quantitative estimate of drug-likeness (QED) is 0.693. The summed E-state index contributed by atoms with van der Waals surface area (Å²) in [6.07, 6.45) is 2.59. The number of rotatable bonds is 4. The van der Waals surface area contributed by atoms with Gasteiger partial charge in [-0.15, -0.1) is 0 Å². The van der Waals surface area contributed by atoms with Crippen LogP contribution in [0.5, 0.6) is 0 Å². The summed E-state index contributed by atoms with van der Waals surface area (Å²) in [6, 6.07) is 0. The van der Waals surface area contributed by atoms with E-state index in [-0.39, 0.29) is 5.91 Å². The molecule has 2 fully saturated rings. The second-order valence-electron chi connectivity index (χ2n) is 4.82. The van der Waals surface area contributed by atoms with Crippen LogP contribution >= 0.6 is 0 Å². The van der Waals surface area contributed by atoms with Crippen molar-refractivity contribution >= 4 is 5.91 Å². The Balaban J connectivity index is 1.69. The van der Waals surface area contributed by atoms with Gasteiger partial charge in [0.15, 0.2) is 0 Å². The van der Waals surface area contributed by atoms with Crippen LogP contribution in [0.2, 0.25) is 0 Å². The summed E-state index contributed by atoms with van der Waals surface area (Å²) in [5.74, 6) is 0.203. The van der Waals surface area contributed by atoms with Gasteiger partial charge in [0.05, 0.1) is 25.9 Å². The average Bonchev–Trinajstić information content (AvgIpc) is 2.82. The van der Waals surface area contributed by atoms with Crippen LogP contribution < -0.4 is 0 Å². The van der Waals surface area contributed by atoms with Crippen molar-refractivity contribution in [2.75, 3.05) is 53.0 Å². The van der Waals surface area contributed by atoms with E-state index >= 15 is 0 Å². The highest BCUT2D eigenvalue weighted by molar-refractivity contribution is 5.78. The topological polar surface area (TPSA) is 42.0 Å². The molecule has 1 unspecified atom stereocenters. The maximum atomic E-state index is 12.0. The minimum absolute atomic E-state index is 0.203. The molecular formula is C12H22N2O3. The summed E-state index contributed by atoms with van der Waals surface area (Å²) in [7, 11) is 1.99. The molecule has 5 heteroatoms. The van der Waals surface area contributed by atoms with Crippen LogP contribution in [0.25, 0.3) is 0 Å². The molecule has 2 rings (SSSR count). The van der Waals surface area contributed by atoms with E-state index in [4.69, 9.17) is 9.47 Å². The van der Waals surface area contributed by atoms with Crippen LogP contribution in [0.4, 0.5) is 0 Å². The predicted octanol–water partition coefficient (Wildman–Crippen LogP) is -0.0440. The first-order valence-electron chi connectivity index (χ1n) is 6.41. The third-order valence-corrected chi connectivity index (χ3v) is 3.31. The lowest BCUT2D eigenvalue weighted by Gasteiger charge is -2.29. The van der Waals surface area contributed by atoms with Gasteiger partial charge in [-0.25, -0.2) is 0 Å². The maximum absolute atomic E-state index is 12.0. The maximum Gasteiger partial charge on any atom is 0.236 e. The van der Waals surface area contributed by atoms with Gasteiger partial charge in [0.2, 0.25) is 5.91 Å². The van der Waals surface area contributed by atoms with Crippen molar-refractivity contribution in [2.24, 2.45) is 0 Å². The zero-order chi connectivity index (χ0) is 12.1. The Labute approximate surface area is 103 Å². The number of likely N-dealkylation sites (N-methyl/N-ethyl adjacent to an activating group) is 1. The second kappa shape index (κ2) is 6.33. The van der Waals surface area contributed by atoms with Crippen LogP contribution in [0.3, 0.4) is 0 Å². The molecule has 17 heavy (non-hydrogen) atoms. The third kappa shape index (κ3) is 3.94. The highest BCUT2D eigenvalue weighted by Crippen LogP contribution is 2.12. The zero-order valence-electron chi connectivity index (χ0n) is 10.6. The zero-order valence-corrected chi connectivity index (χ0v) is 10.6. The Kier molecular flexibility index (Phi) is 4.76. The molecule has 0 aromatic rings. The Hall–Kier alpha value is -0.650. The summed E-state index contributed by atoms with van der Waals surface area (Å²) in [4.78, 5) is 15.9. The molecule has 2 aliphatic heterocycles. The van der Waals surface area contributed by atoms with Gasteiger partial charge in [0.1, 0.15) is 0 Å². The fourth-order valence-corrected chi connectivity index (χ4v) is 2.34. The number of ether oxygens (including phenoxy) is 2. The highest BCUT2D eigenvalue weighted by Gasteiger charge is 2.21. The third-order valence-electron chi connectivity index (χ3n) is 3.31. The van der Waals surface area contributed by atoms with Crippen molar-refractivity contribution in [1.29, 1.82) is 0 Å². The standard InChI is InChI=1S/C12H22N2O3/c1-13(9-11-3-2-6-17-11)10-12(15)14-4-7-16-8-5-14/h11H,2-10H2,1H3. The Morgan fingerprint density at radius 3 is 2.76 bits per heavy atom. The predicted molar refractivity (Wildman–Crippen MR) is 63.9 cm³/mol. The molecule has 0 aromatic heterocycles. The van der Waals surface area contributed by atoms with Crippen LogP contribution in [0, 0.1) is 0 Å². The fraction of sp³-hybridized carbons (Fsp3) is 0.917. The minimum Gasteiger partial charge on any atom is -0.378 e. The molecule has 2 heterocycles. The lowest BCUT2D eigenvalue weighted by Crippen LogP contribution is -2.46. The largest absolute Gasteiger partial charge is 0.378 e. The molecule has 2 saturated heterocycles. The number of hydrogen-bond donors (Lipinski definition) is 0. The minimum atomic E-state index is 0.203. The monoisotopic (exact) mass is 242 g/mol. The van der Waals surface area contributed by atoms with Gasteiger partial charge in [-0.3, -0.25) is 9.69 Å². The molecule has 0 N–H and O–H groups in total. The van der Waals surface area contributed by atoms with Gasteiger partial charge in [-0.1, -0.05) is 0 Å². The summed E-state index contributed by atoms with van der Waals surface area (Å²) >= 11 is 0. The molecule has 0 spiro atoms. The van der Waals surface area contributed by atoms with Gasteiger partial charge < -0.3 is 14.4 Å². The van der Waals surface area contributed by atoms with Crippen LogP contribution in [-0.2, 0) is 14.3 Å². The summed E-state index contributed by atoms with van der Waals surface area (Å²) in [6.45, 7) is 5.01. The Morgan fingerprint density at radius 1 is 1.35 bits per heavy atom. The van der Waals surface area contributed by atoms with Crippen molar-refractivity contribution in [3.05, 3.63) is 0 Å². The van der Waals surface area contributed by atoms with Crippen molar-refractivity contribution in [3.63, 3.8) is 0 Å². The summed E-state index contributed by atoms with van der Waals surface area (Å²) < 4.78 is 10.8. The number of carbonyl (C=O) groups excluding carboxylic acids is 1. The van der Waals surface area contributed by atoms with Crippen molar-refractivity contribution in [2.45, 2.75) is 18.9 Å². The van der Waals surface area contributed by atoms with Crippen molar-refractivity contribution in [3.8, 4) is 0 Å². The van der Waals surface area contributed by atoms with Gasteiger partial charge in [-0.05, 0) is 19.9 Å². The first kappa shape index (κ1) is 12.8. The van der Waals surface area contributed by atoms with Gasteiger partial charge in [-0.2, -0.15) is 0 Å². The molecule has 1 atom stereocenters. The molecule has 5 nitrogen and oxygen atoms in total. The Morgan fingerprint density at radius 2 is 2.12 bits per heavy atom. The van der Waals surface area contributed by atoms with E-state index < -0.39 is 0 Å². The highest BCUT2D eigenvalue weighted by atomic mass is 16.5. The van der Waals surface area contributed by atoms with Crippen LogP contribution in [-0.4, -0.2) is 74.9 Å². The second-order valence-corrected chi connectivity index (χ2v) is 4.82. The van der Waals surface area contributed by atoms with E-state index in [1.807, 2.05) is 11.9 Å². The van der Waals surface area contributed by atoms with Crippen LogP contribution in [0.15, 0.2) is 0 Å². The summed E-state index contributed by atoms with van der Waals surface area (Å²) in [5, 5.41) is 0. The smallest absolute Gasteiger partial charge is 0.236 e. The number of morpholine rings is 1. The van der Waals surface area contributed by atoms with E-state index in [9.17, 15) is 4.79 Å². The SMILES string of the molecule is CN(CC(=O)N1CCOCC1)CC1CCCO1. The molecule has 0 bridgehead atoms. The number of hydrogen-bond acceptors (Lipinski definition) is 4. The van der Waals surface area contributed by atoms with E-state index in [0.29, 0.717) is 25.9 Å². The molecule has 1 amide bonds. The average molecular weight is 242 g/mol. The van der Waals surface area contributed by atoms with Gasteiger partial charge >= 0.3 is 0 Å². The van der Waals surface area contributed by atoms with E-state index in [1.54, 1.807) is 0 Å². The van der Waals surface area contributed by atoms with Crippen LogP contribution in [0.1, 0.15) is 12.8 Å². The molecular weight excluding hydrogens is 220 g/mol. The lowest BCUT2D eigenvalue weighted by atomic mass is 10.2.